The maximum atomic E-state index is 11.7. The summed E-state index contributed by atoms with van der Waals surface area (Å²) in [5, 5.41) is 9.29. The molecule has 4 heteroatoms. The van der Waals surface area contributed by atoms with Crippen LogP contribution < -0.4 is 5.73 Å². The Morgan fingerprint density at radius 1 is 1.44 bits per heavy atom. The summed E-state index contributed by atoms with van der Waals surface area (Å²) in [4.78, 5) is 11.7. The van der Waals surface area contributed by atoms with E-state index in [1.807, 2.05) is 30.3 Å². The van der Waals surface area contributed by atoms with Gasteiger partial charge in [-0.2, -0.15) is 0 Å². The summed E-state index contributed by atoms with van der Waals surface area (Å²) in [5.41, 5.74) is 5.45. The quantitative estimate of drug-likeness (QED) is 0.582. The molecule has 0 saturated heterocycles. The van der Waals surface area contributed by atoms with E-state index < -0.39 is 17.6 Å². The molecule has 1 aromatic carbocycles. The van der Waals surface area contributed by atoms with Gasteiger partial charge < -0.3 is 15.6 Å². The van der Waals surface area contributed by atoms with Gasteiger partial charge in [-0.25, -0.2) is 0 Å². The van der Waals surface area contributed by atoms with Crippen molar-refractivity contribution in [2.24, 2.45) is 11.1 Å². The van der Waals surface area contributed by atoms with E-state index in [9.17, 15) is 9.90 Å². The van der Waals surface area contributed by atoms with Crippen molar-refractivity contribution in [1.82, 2.24) is 0 Å². The second-order valence-corrected chi connectivity index (χ2v) is 4.16. The zero-order valence-corrected chi connectivity index (χ0v) is 8.93. The van der Waals surface area contributed by atoms with Crippen molar-refractivity contribution in [1.29, 1.82) is 0 Å². The van der Waals surface area contributed by atoms with Crippen LogP contribution in [0.2, 0.25) is 0 Å². The number of esters is 1. The van der Waals surface area contributed by atoms with E-state index in [0.29, 0.717) is 12.8 Å². The van der Waals surface area contributed by atoms with Crippen molar-refractivity contribution >= 4 is 5.97 Å². The van der Waals surface area contributed by atoms with Gasteiger partial charge in [0.15, 0.2) is 0 Å². The molecule has 2 rings (SSSR count). The maximum Gasteiger partial charge on any atom is 0.316 e. The van der Waals surface area contributed by atoms with Gasteiger partial charge >= 0.3 is 5.97 Å². The van der Waals surface area contributed by atoms with E-state index in [1.165, 1.54) is 0 Å². The number of benzene rings is 1. The van der Waals surface area contributed by atoms with Gasteiger partial charge in [0.05, 0.1) is 0 Å². The zero-order valence-electron chi connectivity index (χ0n) is 8.93. The molecule has 1 aliphatic rings. The molecule has 0 spiro atoms. The molecule has 0 heterocycles. The van der Waals surface area contributed by atoms with E-state index >= 15 is 0 Å². The van der Waals surface area contributed by atoms with Crippen LogP contribution in [0, 0.1) is 5.41 Å². The number of aliphatic hydroxyl groups is 1. The third kappa shape index (κ3) is 2.08. The first-order valence-corrected chi connectivity index (χ1v) is 5.30. The van der Waals surface area contributed by atoms with Crippen LogP contribution in [0.5, 0.6) is 0 Å². The highest BCUT2D eigenvalue weighted by Crippen LogP contribution is 2.48. The van der Waals surface area contributed by atoms with E-state index in [4.69, 9.17) is 10.5 Å². The Labute approximate surface area is 94.0 Å². The topological polar surface area (TPSA) is 72.5 Å². The minimum absolute atomic E-state index is 0.230. The summed E-state index contributed by atoms with van der Waals surface area (Å²) < 4.78 is 5.14. The van der Waals surface area contributed by atoms with Gasteiger partial charge in [0.1, 0.15) is 18.2 Å². The van der Waals surface area contributed by atoms with Gasteiger partial charge in [0, 0.05) is 0 Å². The van der Waals surface area contributed by atoms with Crippen molar-refractivity contribution in [2.45, 2.75) is 25.7 Å². The van der Waals surface area contributed by atoms with E-state index in [2.05, 4.69) is 0 Å². The van der Waals surface area contributed by atoms with Gasteiger partial charge in [-0.15, -0.1) is 0 Å². The summed E-state index contributed by atoms with van der Waals surface area (Å²) in [6.07, 6.45) is 0.104. The van der Waals surface area contributed by atoms with Gasteiger partial charge in [0.25, 0.3) is 0 Å². The summed E-state index contributed by atoms with van der Waals surface area (Å²) in [5.74, 6) is -0.397. The van der Waals surface area contributed by atoms with E-state index in [-0.39, 0.29) is 6.61 Å². The molecule has 0 radical (unpaired) electrons. The molecule has 0 aliphatic heterocycles. The van der Waals surface area contributed by atoms with Crippen LogP contribution in [0.25, 0.3) is 0 Å². The Morgan fingerprint density at radius 3 is 2.56 bits per heavy atom. The molecule has 1 aliphatic carbocycles. The fourth-order valence-electron chi connectivity index (χ4n) is 1.62. The standard InChI is InChI=1S/C12H15NO3/c13-10(14)12(6-7-12)11(15)16-8-9-4-2-1-3-5-9/h1-5,10,14H,6-8,13H2. The maximum absolute atomic E-state index is 11.7. The number of aliphatic hydroxyl groups excluding tert-OH is 1. The lowest BCUT2D eigenvalue weighted by atomic mass is 10.1. The average molecular weight is 221 g/mol. The second kappa shape index (κ2) is 4.23. The van der Waals surface area contributed by atoms with Crippen LogP contribution in [-0.4, -0.2) is 17.3 Å². The first kappa shape index (κ1) is 11.1. The predicted molar refractivity (Wildman–Crippen MR) is 58.1 cm³/mol. The number of nitrogens with two attached hydrogens (primary N) is 1. The summed E-state index contributed by atoms with van der Waals surface area (Å²) in [6.45, 7) is 0.230. The number of carbonyl (C=O) groups is 1. The fourth-order valence-corrected chi connectivity index (χ4v) is 1.62. The number of ether oxygens (including phenoxy) is 1. The second-order valence-electron chi connectivity index (χ2n) is 4.16. The number of hydrogen-bond donors (Lipinski definition) is 2. The van der Waals surface area contributed by atoms with Crippen molar-refractivity contribution in [3.8, 4) is 0 Å². The lowest BCUT2D eigenvalue weighted by Gasteiger charge is -2.16. The first-order chi connectivity index (χ1) is 7.65. The molecule has 0 amide bonds. The highest BCUT2D eigenvalue weighted by Gasteiger charge is 2.55. The van der Waals surface area contributed by atoms with Crippen LogP contribution in [0.1, 0.15) is 18.4 Å². The lowest BCUT2D eigenvalue weighted by molar-refractivity contribution is -0.156. The number of carbonyl (C=O) groups excluding carboxylic acids is 1. The van der Waals surface area contributed by atoms with Crippen molar-refractivity contribution in [3.63, 3.8) is 0 Å². The zero-order chi connectivity index (χ0) is 11.6. The van der Waals surface area contributed by atoms with Crippen LogP contribution in [0.4, 0.5) is 0 Å². The number of rotatable bonds is 4. The molecule has 1 unspecified atom stereocenters. The Bertz CT molecular complexity index is 371. The molecule has 1 aromatic rings. The summed E-state index contributed by atoms with van der Waals surface area (Å²) in [7, 11) is 0. The normalized spacial score (nSPS) is 18.9. The van der Waals surface area contributed by atoms with Crippen molar-refractivity contribution < 1.29 is 14.6 Å². The van der Waals surface area contributed by atoms with Crippen LogP contribution >= 0.6 is 0 Å². The lowest BCUT2D eigenvalue weighted by Crippen LogP contribution is -2.38. The molecule has 0 bridgehead atoms. The van der Waals surface area contributed by atoms with Gasteiger partial charge in [-0.1, -0.05) is 30.3 Å². The Morgan fingerprint density at radius 2 is 2.06 bits per heavy atom. The third-order valence-electron chi connectivity index (χ3n) is 2.97. The van der Waals surface area contributed by atoms with Gasteiger partial charge in [-0.05, 0) is 18.4 Å². The Kier molecular flexibility index (Phi) is 2.94. The largest absolute Gasteiger partial charge is 0.460 e. The third-order valence-corrected chi connectivity index (χ3v) is 2.97. The summed E-state index contributed by atoms with van der Waals surface area (Å²) in [6, 6.07) is 9.43. The molecule has 1 atom stereocenters. The molecular formula is C12H15NO3. The van der Waals surface area contributed by atoms with Gasteiger partial charge in [-0.3, -0.25) is 4.79 Å². The Hall–Kier alpha value is -1.39. The molecule has 86 valence electrons. The van der Waals surface area contributed by atoms with E-state index in [0.717, 1.165) is 5.56 Å². The molecule has 1 saturated carbocycles. The van der Waals surface area contributed by atoms with Crippen molar-refractivity contribution in [3.05, 3.63) is 35.9 Å². The summed E-state index contributed by atoms with van der Waals surface area (Å²) >= 11 is 0. The van der Waals surface area contributed by atoms with Gasteiger partial charge in [0.2, 0.25) is 0 Å². The van der Waals surface area contributed by atoms with Crippen molar-refractivity contribution in [2.75, 3.05) is 0 Å². The van der Waals surface area contributed by atoms with Crippen LogP contribution in [0.3, 0.4) is 0 Å². The Balaban J connectivity index is 1.90. The highest BCUT2D eigenvalue weighted by atomic mass is 16.5. The SMILES string of the molecule is NC(O)C1(C(=O)OCc2ccccc2)CC1. The smallest absolute Gasteiger partial charge is 0.316 e. The minimum Gasteiger partial charge on any atom is -0.460 e. The molecular weight excluding hydrogens is 206 g/mol. The molecule has 0 aromatic heterocycles. The highest BCUT2D eigenvalue weighted by molar-refractivity contribution is 5.80. The monoisotopic (exact) mass is 221 g/mol. The molecule has 3 N–H and O–H groups in total. The average Bonchev–Trinajstić information content (AvgIpc) is 3.08. The predicted octanol–water partition coefficient (Wildman–Crippen LogP) is 0.787. The molecule has 4 nitrogen and oxygen atoms in total. The van der Waals surface area contributed by atoms with Crippen LogP contribution in [-0.2, 0) is 16.1 Å². The molecule has 16 heavy (non-hydrogen) atoms. The molecule has 1 fully saturated rings. The van der Waals surface area contributed by atoms with E-state index in [1.54, 1.807) is 0 Å². The van der Waals surface area contributed by atoms with Crippen LogP contribution in [0.15, 0.2) is 30.3 Å². The first-order valence-electron chi connectivity index (χ1n) is 5.30. The fraction of sp³-hybridized carbons (Fsp3) is 0.417. The minimum atomic E-state index is -1.12. The number of hydrogen-bond acceptors (Lipinski definition) is 4.